The zero-order valence-corrected chi connectivity index (χ0v) is 46.6. The van der Waals surface area contributed by atoms with E-state index >= 15 is 4.39 Å². The van der Waals surface area contributed by atoms with Crippen LogP contribution in [0.15, 0.2) is 29.1 Å². The van der Waals surface area contributed by atoms with Crippen LogP contribution in [0.4, 0.5) is 4.39 Å². The highest BCUT2D eigenvalue weighted by Crippen LogP contribution is 2.41. The number of rotatable bonds is 30. The minimum absolute atomic E-state index is 0.0162. The van der Waals surface area contributed by atoms with Crippen LogP contribution in [0.3, 0.4) is 0 Å². The molecule has 0 aliphatic carbocycles. The average Bonchev–Trinajstić information content (AvgIpc) is 2.35. The van der Waals surface area contributed by atoms with Crippen molar-refractivity contribution in [3.63, 3.8) is 0 Å². The maximum atomic E-state index is 15.6. The number of imide groups is 1. The first-order chi connectivity index (χ1) is 38.5. The number of aliphatic hydroxyl groups is 3. The van der Waals surface area contributed by atoms with Crippen molar-refractivity contribution in [1.29, 1.82) is 0 Å². The number of esters is 1. The molecule has 3 aliphatic heterocycles. The second-order valence-corrected chi connectivity index (χ2v) is 20.8. The normalized spacial score (nSPS) is 16.7. The summed E-state index contributed by atoms with van der Waals surface area (Å²) in [5.41, 5.74) is 1.05. The molecule has 81 heavy (non-hydrogen) atoms. The van der Waals surface area contributed by atoms with E-state index in [-0.39, 0.29) is 87.3 Å². The average molecular weight is 1130 g/mol. The van der Waals surface area contributed by atoms with E-state index in [1.807, 2.05) is 6.92 Å². The Balaban J connectivity index is 1.01. The number of ether oxygens (including phenoxy) is 2. The second-order valence-electron chi connectivity index (χ2n) is 20.8. The Bertz CT molecular complexity index is 3000. The topological polar surface area (TPSA) is 343 Å². The molecule has 0 fully saturated rings. The first kappa shape index (κ1) is 62.7. The number of aliphatic hydroxyl groups excluding tert-OH is 2. The molecule has 0 bridgehead atoms. The Labute approximate surface area is 467 Å². The third-order valence-electron chi connectivity index (χ3n) is 14.8. The van der Waals surface area contributed by atoms with Gasteiger partial charge in [0, 0.05) is 67.2 Å². The Morgan fingerprint density at radius 1 is 0.827 bits per heavy atom. The number of benzene rings is 1. The van der Waals surface area contributed by atoms with Gasteiger partial charge in [-0.3, -0.25) is 48.1 Å². The lowest BCUT2D eigenvalue weighted by atomic mass is 9.86. The molecule has 2 aromatic heterocycles. The molecule has 3 aliphatic rings. The molecular weight excluding hydrogens is 1060 g/mol. The van der Waals surface area contributed by atoms with Crippen LogP contribution in [0, 0.1) is 18.7 Å². The number of carbonyl (C=O) groups is 9. The lowest BCUT2D eigenvalue weighted by Crippen LogP contribution is -2.58. The molecule has 0 spiro atoms. The fourth-order valence-electron chi connectivity index (χ4n) is 10.0. The summed E-state index contributed by atoms with van der Waals surface area (Å²) in [6.07, 6.45) is 4.31. The number of nitrogens with zero attached hydrogens (tertiary/aromatic N) is 3. The van der Waals surface area contributed by atoms with Gasteiger partial charge in [0.05, 0.1) is 41.7 Å². The predicted molar refractivity (Wildman–Crippen MR) is 289 cm³/mol. The number of cyclic esters (lactones) is 1. The zero-order chi connectivity index (χ0) is 59.3. The molecule has 5 heterocycles. The molecule has 0 saturated carbocycles. The summed E-state index contributed by atoms with van der Waals surface area (Å²) in [6, 6.07) is -0.761. The molecule has 25 heteroatoms. The lowest BCUT2D eigenvalue weighted by Gasteiger charge is -2.31. The van der Waals surface area contributed by atoms with Gasteiger partial charge in [0.15, 0.2) is 5.60 Å². The number of carbonyl (C=O) groups excluding carboxylic acids is 9. The number of nitrogens with one attached hydrogen (secondary N) is 6. The van der Waals surface area contributed by atoms with Crippen LogP contribution in [-0.4, -0.2) is 140 Å². The lowest BCUT2D eigenvalue weighted by molar-refractivity contribution is -0.172. The number of aromatic nitrogens is 2. The van der Waals surface area contributed by atoms with Crippen LogP contribution in [0.5, 0.6) is 0 Å². The van der Waals surface area contributed by atoms with Crippen molar-refractivity contribution in [3.8, 4) is 11.4 Å². The van der Waals surface area contributed by atoms with E-state index in [9.17, 15) is 58.2 Å². The summed E-state index contributed by atoms with van der Waals surface area (Å²) < 4.78 is 27.8. The monoisotopic (exact) mass is 1130 g/mol. The highest BCUT2D eigenvalue weighted by molar-refractivity contribution is 6.12. The van der Waals surface area contributed by atoms with Crippen molar-refractivity contribution < 1.29 is 72.3 Å². The van der Waals surface area contributed by atoms with Gasteiger partial charge in [-0.1, -0.05) is 34.1 Å². The van der Waals surface area contributed by atoms with Crippen LogP contribution in [0.2, 0.25) is 0 Å². The van der Waals surface area contributed by atoms with E-state index in [0.29, 0.717) is 72.8 Å². The van der Waals surface area contributed by atoms with Gasteiger partial charge in [-0.15, -0.1) is 0 Å². The molecule has 1 aromatic carbocycles. The number of amides is 8. The Hall–Kier alpha value is -7.48. The summed E-state index contributed by atoms with van der Waals surface area (Å²) in [5.74, 6) is -6.52. The Morgan fingerprint density at radius 3 is 2.23 bits per heavy atom. The van der Waals surface area contributed by atoms with Gasteiger partial charge in [-0.2, -0.15) is 0 Å². The molecule has 0 saturated heterocycles. The minimum atomic E-state index is -2.03. The molecule has 3 aromatic rings. The number of hydrogen-bond acceptors (Lipinski definition) is 16. The Kier molecular flexibility index (Phi) is 21.9. The predicted octanol–water partition coefficient (Wildman–Crippen LogP) is 0.832. The van der Waals surface area contributed by atoms with Crippen molar-refractivity contribution >= 4 is 64.1 Å². The number of halogens is 1. The zero-order valence-electron chi connectivity index (χ0n) is 46.6. The molecule has 5 atom stereocenters. The summed E-state index contributed by atoms with van der Waals surface area (Å²) >= 11 is 0. The minimum Gasteiger partial charge on any atom is -0.458 e. The smallest absolute Gasteiger partial charge is 0.343 e. The van der Waals surface area contributed by atoms with E-state index in [2.05, 4.69) is 31.9 Å². The summed E-state index contributed by atoms with van der Waals surface area (Å²) in [6.45, 7) is 8.56. The number of hydrogen-bond donors (Lipinski definition) is 9. The fraction of sp³-hybridized carbons (Fsp3) is 0.554. The molecule has 0 radical (unpaired) electrons. The maximum Gasteiger partial charge on any atom is 0.343 e. The van der Waals surface area contributed by atoms with Crippen molar-refractivity contribution in [3.05, 3.63) is 73.8 Å². The van der Waals surface area contributed by atoms with Crippen LogP contribution in [0.25, 0.3) is 22.3 Å². The molecule has 9 N–H and O–H groups in total. The molecule has 0 unspecified atom stereocenters. The van der Waals surface area contributed by atoms with E-state index in [4.69, 9.17) is 19.6 Å². The SMILES string of the molecule is CCc1c2c(nc3cc(F)c(C)c(CNC(=O)COCNC(=O)[C@H](C)NC(=O)[C@@H](NC(=O)[C@H](CCC(=O)NCCCC[C@H](O)CO)NC(=O)CCCCCN4C(=O)C=CC4=O)C(C)C)c13)-c1cc3c(c(=O)n1C2)COC(=O)[C@]3(O)CC. The van der Waals surface area contributed by atoms with Crippen LogP contribution >= 0.6 is 0 Å². The van der Waals surface area contributed by atoms with Gasteiger partial charge in [0.25, 0.3) is 17.4 Å². The fourth-order valence-corrected chi connectivity index (χ4v) is 10.0. The van der Waals surface area contributed by atoms with Crippen molar-refractivity contribution in [2.45, 2.75) is 162 Å². The van der Waals surface area contributed by atoms with E-state index in [0.717, 1.165) is 10.5 Å². The van der Waals surface area contributed by atoms with Gasteiger partial charge in [0.2, 0.25) is 35.4 Å². The second kappa shape index (κ2) is 28.3. The molecule has 440 valence electrons. The van der Waals surface area contributed by atoms with Gasteiger partial charge >= 0.3 is 5.97 Å². The van der Waals surface area contributed by atoms with Gasteiger partial charge in [0.1, 0.15) is 43.9 Å². The first-order valence-electron chi connectivity index (χ1n) is 27.5. The Morgan fingerprint density at radius 2 is 1.56 bits per heavy atom. The third kappa shape index (κ3) is 15.1. The molecule has 8 amide bonds. The maximum absolute atomic E-state index is 15.6. The first-order valence-corrected chi connectivity index (χ1v) is 27.5. The molecular formula is C56H74FN9O15. The number of fused-ring (bicyclic) bond motifs is 5. The van der Waals surface area contributed by atoms with Crippen molar-refractivity contribution in [2.24, 2.45) is 5.92 Å². The summed E-state index contributed by atoms with van der Waals surface area (Å²) in [4.78, 5) is 136. The standard InChI is InChI=1S/C56H74FN9O15/c1-7-34-36-25-66-42(22-38-37(54(66)77)27-81-55(78)56(38,79)8-2)50(36)63-41-23-39(57)31(5)35(48(34)41)24-59-45(71)28-80-29-60-51(74)32(6)61-53(76)49(30(3)4)64-52(75)40(16-17-43(69)58-20-12-11-14-33(68)26-67)62-44(70)15-10-9-13-21-65-46(72)18-19-47(65)73/h18-19,22-23,30,32-33,40,49,67-68,79H,7-17,20-21,24-29H2,1-6H3,(H,58,69)(H,59,71)(H,60,74)(H,61,76)(H,62,70)(H,64,75)/t32-,33-,40-,49-,56-/m0/s1. The number of pyridine rings is 2. The van der Waals surface area contributed by atoms with Gasteiger partial charge in [-0.25, -0.2) is 14.2 Å². The quantitative estimate of drug-likeness (QED) is 0.0151. The van der Waals surface area contributed by atoms with E-state index in [1.165, 1.54) is 29.7 Å². The van der Waals surface area contributed by atoms with Gasteiger partial charge in [-0.05, 0) is 93.9 Å². The highest BCUT2D eigenvalue weighted by Gasteiger charge is 2.46. The largest absolute Gasteiger partial charge is 0.458 e. The van der Waals surface area contributed by atoms with E-state index < -0.39 is 114 Å². The van der Waals surface area contributed by atoms with Crippen LogP contribution in [0.1, 0.15) is 132 Å². The van der Waals surface area contributed by atoms with E-state index in [1.54, 1.807) is 33.8 Å². The van der Waals surface area contributed by atoms with Gasteiger partial charge < -0.3 is 61.3 Å². The number of unbranched alkanes of at least 4 members (excludes halogenated alkanes) is 3. The van der Waals surface area contributed by atoms with Crippen LogP contribution < -0.4 is 37.5 Å². The third-order valence-corrected chi connectivity index (χ3v) is 14.8. The highest BCUT2D eigenvalue weighted by atomic mass is 19.1. The summed E-state index contributed by atoms with van der Waals surface area (Å²) in [7, 11) is 0. The number of aryl methyl sites for hydroxylation is 1. The van der Waals surface area contributed by atoms with Crippen molar-refractivity contribution in [2.75, 3.05) is 33.0 Å². The molecule has 24 nitrogen and oxygen atoms in total. The van der Waals surface area contributed by atoms with Crippen molar-refractivity contribution in [1.82, 2.24) is 46.4 Å². The summed E-state index contributed by atoms with van der Waals surface area (Å²) in [5, 5.41) is 46.3. The van der Waals surface area contributed by atoms with Crippen LogP contribution in [-0.2, 0) is 84.3 Å². The molecule has 6 rings (SSSR count).